The molecule has 0 saturated heterocycles. The van der Waals surface area contributed by atoms with E-state index in [0.29, 0.717) is 17.0 Å². The number of amides is 1. The average molecular weight is 295 g/mol. The van der Waals surface area contributed by atoms with Gasteiger partial charge in [-0.1, -0.05) is 19.1 Å². The van der Waals surface area contributed by atoms with Gasteiger partial charge in [-0.3, -0.25) is 4.79 Å². The fourth-order valence-corrected chi connectivity index (χ4v) is 3.46. The van der Waals surface area contributed by atoms with Crippen molar-refractivity contribution >= 4 is 15.7 Å². The minimum Gasteiger partial charge on any atom is -0.349 e. The van der Waals surface area contributed by atoms with E-state index >= 15 is 0 Å². The van der Waals surface area contributed by atoms with Crippen LogP contribution in [0.3, 0.4) is 0 Å². The van der Waals surface area contributed by atoms with Crippen molar-refractivity contribution in [2.75, 3.05) is 6.26 Å². The maximum absolute atomic E-state index is 12.1. The number of sulfone groups is 1. The molecule has 0 radical (unpaired) electrons. The fraction of sp³-hybridized carbons (Fsp3) is 0.533. The summed E-state index contributed by atoms with van der Waals surface area (Å²) in [6, 6.07) is 7.05. The molecular formula is C15H21NO3S. The van der Waals surface area contributed by atoms with Gasteiger partial charge in [0.15, 0.2) is 9.84 Å². The van der Waals surface area contributed by atoms with E-state index in [1.54, 1.807) is 24.3 Å². The van der Waals surface area contributed by atoms with Crippen LogP contribution in [0.1, 0.15) is 42.1 Å². The molecule has 5 heteroatoms. The molecule has 0 bridgehead atoms. The summed E-state index contributed by atoms with van der Waals surface area (Å²) >= 11 is 0. The van der Waals surface area contributed by atoms with Crippen LogP contribution in [0.25, 0.3) is 0 Å². The molecule has 110 valence electrons. The summed E-state index contributed by atoms with van der Waals surface area (Å²) in [7, 11) is -3.04. The second-order valence-electron chi connectivity index (χ2n) is 5.86. The predicted molar refractivity (Wildman–Crippen MR) is 79.3 cm³/mol. The maximum atomic E-state index is 12.1. The van der Waals surface area contributed by atoms with Gasteiger partial charge in [0.1, 0.15) is 0 Å². The number of hydrogen-bond acceptors (Lipinski definition) is 3. The molecule has 0 aromatic heterocycles. The zero-order chi connectivity index (χ0) is 14.8. The SMILES string of the molecule is CC1CCC(NC(=O)c2ccc(CS(C)(=O)=O)cc2)C1. The third-order valence-corrected chi connectivity index (χ3v) is 4.53. The van der Waals surface area contributed by atoms with Gasteiger partial charge in [0.2, 0.25) is 0 Å². The third kappa shape index (κ3) is 4.34. The summed E-state index contributed by atoms with van der Waals surface area (Å²) in [5, 5.41) is 3.04. The van der Waals surface area contributed by atoms with E-state index < -0.39 is 9.84 Å². The molecule has 1 saturated carbocycles. The van der Waals surface area contributed by atoms with Crippen LogP contribution in [0.4, 0.5) is 0 Å². The second kappa shape index (κ2) is 5.95. The summed E-state index contributed by atoms with van der Waals surface area (Å²) in [4.78, 5) is 12.1. The standard InChI is InChI=1S/C15H21NO3S/c1-11-3-8-14(9-11)16-15(17)13-6-4-12(5-7-13)10-20(2,18)19/h4-7,11,14H,3,8-10H2,1-2H3,(H,16,17). The first-order valence-corrected chi connectivity index (χ1v) is 8.97. The Bertz CT molecular complexity index is 578. The lowest BCUT2D eigenvalue weighted by Gasteiger charge is -2.12. The first-order valence-electron chi connectivity index (χ1n) is 6.91. The molecule has 0 aliphatic heterocycles. The zero-order valence-corrected chi connectivity index (χ0v) is 12.7. The van der Waals surface area contributed by atoms with Crippen molar-refractivity contribution < 1.29 is 13.2 Å². The van der Waals surface area contributed by atoms with Crippen molar-refractivity contribution in [3.63, 3.8) is 0 Å². The van der Waals surface area contributed by atoms with Crippen molar-refractivity contribution in [3.05, 3.63) is 35.4 Å². The lowest BCUT2D eigenvalue weighted by Crippen LogP contribution is -2.32. The number of carbonyl (C=O) groups is 1. The van der Waals surface area contributed by atoms with Crippen molar-refractivity contribution in [1.29, 1.82) is 0 Å². The normalized spacial score (nSPS) is 22.7. The van der Waals surface area contributed by atoms with Crippen LogP contribution in [0, 0.1) is 5.92 Å². The Morgan fingerprint density at radius 3 is 2.40 bits per heavy atom. The van der Waals surface area contributed by atoms with Gasteiger partial charge >= 0.3 is 0 Å². The second-order valence-corrected chi connectivity index (χ2v) is 8.00. The average Bonchev–Trinajstić information content (AvgIpc) is 2.73. The largest absolute Gasteiger partial charge is 0.349 e. The quantitative estimate of drug-likeness (QED) is 0.925. The fourth-order valence-electron chi connectivity index (χ4n) is 2.66. The lowest BCUT2D eigenvalue weighted by atomic mass is 10.1. The van der Waals surface area contributed by atoms with Crippen molar-refractivity contribution in [1.82, 2.24) is 5.32 Å². The van der Waals surface area contributed by atoms with Crippen LogP contribution in [0.2, 0.25) is 0 Å². The van der Waals surface area contributed by atoms with Crippen molar-refractivity contribution in [2.45, 2.75) is 38.0 Å². The van der Waals surface area contributed by atoms with Crippen LogP contribution in [0.15, 0.2) is 24.3 Å². The third-order valence-electron chi connectivity index (χ3n) is 3.68. The molecule has 1 amide bonds. The zero-order valence-electron chi connectivity index (χ0n) is 11.9. The highest BCUT2D eigenvalue weighted by molar-refractivity contribution is 7.89. The molecule has 1 aromatic rings. The van der Waals surface area contributed by atoms with Gasteiger partial charge < -0.3 is 5.32 Å². The molecule has 0 spiro atoms. The van der Waals surface area contributed by atoms with Gasteiger partial charge in [-0.2, -0.15) is 0 Å². The molecule has 20 heavy (non-hydrogen) atoms. The molecule has 1 fully saturated rings. The van der Waals surface area contributed by atoms with E-state index in [9.17, 15) is 13.2 Å². The number of nitrogens with one attached hydrogen (secondary N) is 1. The van der Waals surface area contributed by atoms with Gasteiger partial charge in [-0.15, -0.1) is 0 Å². The van der Waals surface area contributed by atoms with Gasteiger partial charge in [0.05, 0.1) is 5.75 Å². The molecule has 4 nitrogen and oxygen atoms in total. The Labute approximate surface area is 120 Å². The highest BCUT2D eigenvalue weighted by atomic mass is 32.2. The summed E-state index contributed by atoms with van der Waals surface area (Å²) in [5.41, 5.74) is 1.29. The Balaban J connectivity index is 1.97. The smallest absolute Gasteiger partial charge is 0.251 e. The topological polar surface area (TPSA) is 63.2 Å². The minimum atomic E-state index is -3.04. The highest BCUT2D eigenvalue weighted by Gasteiger charge is 2.23. The van der Waals surface area contributed by atoms with Gasteiger partial charge in [0, 0.05) is 17.9 Å². The molecule has 1 N–H and O–H groups in total. The first-order chi connectivity index (χ1) is 9.33. The van der Waals surface area contributed by atoms with Crippen molar-refractivity contribution in [3.8, 4) is 0 Å². The predicted octanol–water partition coefficient (Wildman–Crippen LogP) is 2.15. The van der Waals surface area contributed by atoms with E-state index in [0.717, 1.165) is 19.3 Å². The monoisotopic (exact) mass is 295 g/mol. The number of carbonyl (C=O) groups excluding carboxylic acids is 1. The van der Waals surface area contributed by atoms with Crippen molar-refractivity contribution in [2.24, 2.45) is 5.92 Å². The summed E-state index contributed by atoms with van der Waals surface area (Å²) in [6.07, 6.45) is 4.45. The number of rotatable bonds is 4. The van der Waals surface area contributed by atoms with Gasteiger partial charge in [-0.25, -0.2) is 8.42 Å². The minimum absolute atomic E-state index is 0.00897. The number of benzene rings is 1. The Morgan fingerprint density at radius 2 is 1.90 bits per heavy atom. The maximum Gasteiger partial charge on any atom is 0.251 e. The molecular weight excluding hydrogens is 274 g/mol. The van der Waals surface area contributed by atoms with E-state index in [1.807, 2.05) is 0 Å². The Morgan fingerprint density at radius 1 is 1.25 bits per heavy atom. The molecule has 0 heterocycles. The van der Waals surface area contributed by atoms with E-state index in [1.165, 1.54) is 6.26 Å². The van der Waals surface area contributed by atoms with E-state index in [-0.39, 0.29) is 17.7 Å². The molecule has 1 aliphatic carbocycles. The summed E-state index contributed by atoms with van der Waals surface area (Å²) in [6.45, 7) is 2.20. The molecule has 2 rings (SSSR count). The van der Waals surface area contributed by atoms with Crippen LogP contribution < -0.4 is 5.32 Å². The summed E-state index contributed by atoms with van der Waals surface area (Å²) in [5.74, 6) is 0.613. The first kappa shape index (κ1) is 15.0. The summed E-state index contributed by atoms with van der Waals surface area (Å²) < 4.78 is 22.4. The molecule has 1 aliphatic rings. The van der Waals surface area contributed by atoms with Crippen LogP contribution >= 0.6 is 0 Å². The Kier molecular flexibility index (Phi) is 4.48. The van der Waals surface area contributed by atoms with E-state index in [2.05, 4.69) is 12.2 Å². The highest BCUT2D eigenvalue weighted by Crippen LogP contribution is 2.24. The van der Waals surface area contributed by atoms with Gasteiger partial charge in [0.25, 0.3) is 5.91 Å². The molecule has 1 aromatic carbocycles. The molecule has 2 atom stereocenters. The van der Waals surface area contributed by atoms with Crippen LogP contribution in [-0.4, -0.2) is 26.6 Å². The van der Waals surface area contributed by atoms with E-state index in [4.69, 9.17) is 0 Å². The van der Waals surface area contributed by atoms with Crippen LogP contribution in [0.5, 0.6) is 0 Å². The molecule has 2 unspecified atom stereocenters. The lowest BCUT2D eigenvalue weighted by molar-refractivity contribution is 0.0937. The van der Waals surface area contributed by atoms with Crippen LogP contribution in [-0.2, 0) is 15.6 Å². The number of hydrogen-bond donors (Lipinski definition) is 1. The van der Waals surface area contributed by atoms with Gasteiger partial charge in [-0.05, 0) is 42.9 Å². The Hall–Kier alpha value is -1.36.